The zero-order chi connectivity index (χ0) is 23.0. The van der Waals surface area contributed by atoms with Gasteiger partial charge in [0.15, 0.2) is 11.2 Å². The molecule has 2 N–H and O–H groups in total. The van der Waals surface area contributed by atoms with Gasteiger partial charge in [0.1, 0.15) is 6.54 Å². The number of anilines is 1. The maximum atomic E-state index is 12.4. The quantitative estimate of drug-likeness (QED) is 0.345. The first kappa shape index (κ1) is 21.3. The van der Waals surface area contributed by atoms with Crippen LogP contribution in [0.4, 0.5) is 5.69 Å². The number of aromatic nitrogens is 6. The number of pyridine rings is 1. The lowest BCUT2D eigenvalue weighted by Gasteiger charge is -2.10. The minimum Gasteiger partial charge on any atom is -0.353 e. The molecule has 4 aromatic heterocycles. The van der Waals surface area contributed by atoms with Crippen LogP contribution in [-0.4, -0.2) is 54.9 Å². The van der Waals surface area contributed by atoms with Crippen LogP contribution in [0.1, 0.15) is 0 Å². The molecular weight excluding hydrogens is 440 g/mol. The van der Waals surface area contributed by atoms with Gasteiger partial charge in [-0.2, -0.15) is 5.10 Å². The summed E-state index contributed by atoms with van der Waals surface area (Å²) < 4.78 is 32.2. The number of amides is 1. The third-order valence-electron chi connectivity index (χ3n) is 4.90. The molecule has 0 fully saturated rings. The van der Waals surface area contributed by atoms with Crippen LogP contribution in [0.3, 0.4) is 0 Å². The second-order valence-corrected chi connectivity index (χ2v) is 8.98. The Hall–Kier alpha value is -3.94. The maximum Gasteiger partial charge on any atom is 0.332 e. The lowest BCUT2D eigenvalue weighted by atomic mass is 10.4. The predicted octanol–water partition coefficient (Wildman–Crippen LogP) is -1.36. The number of fused-ring (bicyclic) bond motifs is 2. The van der Waals surface area contributed by atoms with Gasteiger partial charge in [0, 0.05) is 33.0 Å². The highest BCUT2D eigenvalue weighted by Gasteiger charge is 2.17. The molecule has 0 saturated carbocycles. The van der Waals surface area contributed by atoms with Gasteiger partial charge < -0.3 is 9.88 Å². The first-order valence-electron chi connectivity index (χ1n) is 9.48. The van der Waals surface area contributed by atoms with Crippen LogP contribution < -0.4 is 21.3 Å². The maximum absolute atomic E-state index is 12.4. The molecule has 0 aliphatic heterocycles. The van der Waals surface area contributed by atoms with E-state index in [1.807, 2.05) is 0 Å². The number of hydrogen-bond acceptors (Lipinski definition) is 7. The summed E-state index contributed by atoms with van der Waals surface area (Å²) in [7, 11) is -0.893. The number of carbonyl (C=O) groups excluding carboxylic acids is 1. The molecule has 0 aromatic carbocycles. The van der Waals surface area contributed by atoms with Crippen molar-refractivity contribution in [1.29, 1.82) is 0 Å². The SMILES string of the molecule is Cn1c(=O)c2c(ncn2CC(=O)NCCS(=O)(=O)Nc2ccn3nccc3c2)n(C)c1=O. The summed E-state index contributed by atoms with van der Waals surface area (Å²) in [6.45, 7) is -0.387. The molecule has 4 rings (SSSR count). The van der Waals surface area contributed by atoms with Gasteiger partial charge in [0.05, 0.1) is 23.3 Å². The molecule has 0 bridgehead atoms. The molecule has 1 amide bonds. The molecule has 168 valence electrons. The van der Waals surface area contributed by atoms with Crippen LogP contribution in [0.15, 0.2) is 46.5 Å². The molecule has 0 unspecified atom stereocenters. The summed E-state index contributed by atoms with van der Waals surface area (Å²) in [5.74, 6) is -0.847. The Balaban J connectivity index is 1.39. The van der Waals surface area contributed by atoms with Crippen LogP contribution >= 0.6 is 0 Å². The number of sulfonamides is 1. The van der Waals surface area contributed by atoms with Crippen molar-refractivity contribution in [1.82, 2.24) is 33.6 Å². The standard InChI is InChI=1S/C18H20N8O5S/c1-23-16-15(17(28)24(2)18(23)29)25(11-20-16)10-14(27)19-6-8-32(30,31)22-12-4-7-26-13(9-12)3-5-21-26/h3-5,7,9,11,22H,6,8,10H2,1-2H3,(H,19,27). The van der Waals surface area contributed by atoms with Gasteiger partial charge in [-0.15, -0.1) is 0 Å². The first-order chi connectivity index (χ1) is 15.2. The highest BCUT2D eigenvalue weighted by Crippen LogP contribution is 2.13. The summed E-state index contributed by atoms with van der Waals surface area (Å²) in [6.07, 6.45) is 4.52. The molecule has 0 spiro atoms. The van der Waals surface area contributed by atoms with Crippen LogP contribution in [0.5, 0.6) is 0 Å². The van der Waals surface area contributed by atoms with E-state index < -0.39 is 27.2 Å². The number of nitrogens with zero attached hydrogens (tertiary/aromatic N) is 6. The van der Waals surface area contributed by atoms with Crippen LogP contribution in [0, 0.1) is 0 Å². The van der Waals surface area contributed by atoms with Crippen LogP contribution in [-0.2, 0) is 35.5 Å². The first-order valence-corrected chi connectivity index (χ1v) is 11.1. The van der Waals surface area contributed by atoms with E-state index in [4.69, 9.17) is 0 Å². The molecule has 14 heteroatoms. The van der Waals surface area contributed by atoms with E-state index in [9.17, 15) is 22.8 Å². The Morgan fingerprint density at radius 3 is 2.72 bits per heavy atom. The molecular formula is C18H20N8O5S. The van der Waals surface area contributed by atoms with Gasteiger partial charge in [0.2, 0.25) is 15.9 Å². The van der Waals surface area contributed by atoms with E-state index in [0.717, 1.165) is 10.1 Å². The Labute approximate surface area is 181 Å². The minimum absolute atomic E-state index is 0.106. The van der Waals surface area contributed by atoms with Crippen molar-refractivity contribution in [2.75, 3.05) is 17.0 Å². The minimum atomic E-state index is -3.71. The van der Waals surface area contributed by atoms with Crippen molar-refractivity contribution in [3.63, 3.8) is 0 Å². The van der Waals surface area contributed by atoms with Gasteiger partial charge in [-0.3, -0.25) is 23.4 Å². The number of nitrogens with one attached hydrogen (secondary N) is 2. The van der Waals surface area contributed by atoms with E-state index >= 15 is 0 Å². The summed E-state index contributed by atoms with van der Waals surface area (Å²) >= 11 is 0. The molecule has 4 aromatic rings. The Morgan fingerprint density at radius 1 is 1.16 bits per heavy atom. The van der Waals surface area contributed by atoms with E-state index in [0.29, 0.717) is 5.69 Å². The summed E-state index contributed by atoms with van der Waals surface area (Å²) in [5, 5.41) is 6.56. The fraction of sp³-hybridized carbons (Fsp3) is 0.278. The van der Waals surface area contributed by atoms with Gasteiger partial charge in [-0.05, 0) is 18.2 Å². The summed E-state index contributed by atoms with van der Waals surface area (Å²) in [6, 6.07) is 4.96. The third-order valence-corrected chi connectivity index (χ3v) is 6.19. The third kappa shape index (κ3) is 3.99. The number of imidazole rings is 1. The number of aryl methyl sites for hydroxylation is 1. The Morgan fingerprint density at radius 2 is 1.94 bits per heavy atom. The monoisotopic (exact) mass is 460 g/mol. The van der Waals surface area contributed by atoms with E-state index in [1.54, 1.807) is 35.1 Å². The van der Waals surface area contributed by atoms with Gasteiger partial charge in [-0.1, -0.05) is 0 Å². The fourth-order valence-electron chi connectivity index (χ4n) is 3.27. The van der Waals surface area contributed by atoms with Crippen molar-refractivity contribution in [3.05, 3.63) is 57.8 Å². The largest absolute Gasteiger partial charge is 0.353 e. The average molecular weight is 460 g/mol. The second-order valence-electron chi connectivity index (χ2n) is 7.14. The van der Waals surface area contributed by atoms with Gasteiger partial charge >= 0.3 is 5.69 Å². The van der Waals surface area contributed by atoms with Crippen molar-refractivity contribution < 1.29 is 13.2 Å². The van der Waals surface area contributed by atoms with Crippen molar-refractivity contribution in [3.8, 4) is 0 Å². The summed E-state index contributed by atoms with van der Waals surface area (Å²) in [5.41, 5.74) is 0.283. The predicted molar refractivity (Wildman–Crippen MR) is 116 cm³/mol. The fourth-order valence-corrected chi connectivity index (χ4v) is 4.23. The Kier molecular flexibility index (Phi) is 5.30. The van der Waals surface area contributed by atoms with Crippen LogP contribution in [0.25, 0.3) is 16.7 Å². The molecule has 32 heavy (non-hydrogen) atoms. The zero-order valence-electron chi connectivity index (χ0n) is 17.2. The highest BCUT2D eigenvalue weighted by atomic mass is 32.2. The lowest BCUT2D eigenvalue weighted by molar-refractivity contribution is -0.121. The summed E-state index contributed by atoms with van der Waals surface area (Å²) in [4.78, 5) is 40.7. The molecule has 0 aliphatic carbocycles. The van der Waals surface area contributed by atoms with E-state index in [1.165, 1.54) is 29.6 Å². The van der Waals surface area contributed by atoms with Crippen molar-refractivity contribution in [2.24, 2.45) is 14.1 Å². The molecule has 0 atom stereocenters. The smallest absolute Gasteiger partial charge is 0.332 e. The molecule has 0 radical (unpaired) electrons. The highest BCUT2D eigenvalue weighted by molar-refractivity contribution is 7.92. The molecule has 0 aliphatic rings. The van der Waals surface area contributed by atoms with Crippen LogP contribution in [0.2, 0.25) is 0 Å². The van der Waals surface area contributed by atoms with E-state index in [-0.39, 0.29) is 30.0 Å². The molecule has 0 saturated heterocycles. The van der Waals surface area contributed by atoms with Gasteiger partial charge in [0.25, 0.3) is 5.56 Å². The molecule has 13 nitrogen and oxygen atoms in total. The van der Waals surface area contributed by atoms with Gasteiger partial charge in [-0.25, -0.2) is 22.7 Å². The topological polar surface area (TPSA) is 154 Å². The lowest BCUT2D eigenvalue weighted by Crippen LogP contribution is -2.38. The normalized spacial score (nSPS) is 11.8. The second kappa shape index (κ2) is 7.96. The number of hydrogen-bond donors (Lipinski definition) is 2. The number of rotatable bonds is 7. The zero-order valence-corrected chi connectivity index (χ0v) is 18.0. The Bertz CT molecular complexity index is 1560. The molecule has 4 heterocycles. The van der Waals surface area contributed by atoms with Crippen molar-refractivity contribution in [2.45, 2.75) is 6.54 Å². The number of carbonyl (C=O) groups is 1. The van der Waals surface area contributed by atoms with Crippen molar-refractivity contribution >= 4 is 38.3 Å². The van der Waals surface area contributed by atoms with E-state index in [2.05, 4.69) is 20.1 Å². The average Bonchev–Trinajstić information content (AvgIpc) is 3.37.